The Morgan fingerprint density at radius 1 is 0.524 bits per heavy atom. The average Bonchev–Trinajstić information content (AvgIpc) is 2.50. The second-order valence-corrected chi connectivity index (χ2v) is 6.25. The Bertz CT molecular complexity index is 220. The van der Waals surface area contributed by atoms with Crippen molar-refractivity contribution in [3.05, 3.63) is 12.2 Å². The molecule has 0 aliphatic heterocycles. The lowest BCUT2D eigenvalue weighted by Gasteiger charge is -2.02. The molecule has 1 nitrogen and oxygen atoms in total. The summed E-state index contributed by atoms with van der Waals surface area (Å²) in [5.74, 6) is 0. The average molecular weight is 295 g/mol. The van der Waals surface area contributed by atoms with E-state index in [0.717, 1.165) is 19.1 Å². The molecule has 0 unspecified atom stereocenters. The molecule has 0 heterocycles. The monoisotopic (exact) mass is 294 g/mol. The second-order valence-electron chi connectivity index (χ2n) is 6.25. The number of aldehydes is 1. The van der Waals surface area contributed by atoms with Crippen LogP contribution >= 0.6 is 0 Å². The maximum absolute atomic E-state index is 10.2. The van der Waals surface area contributed by atoms with E-state index in [1.807, 2.05) is 0 Å². The molecule has 0 bridgehead atoms. The second kappa shape index (κ2) is 19.4. The topological polar surface area (TPSA) is 17.1 Å². The van der Waals surface area contributed by atoms with Crippen molar-refractivity contribution >= 4 is 6.29 Å². The van der Waals surface area contributed by atoms with Crippen LogP contribution in [0.4, 0.5) is 0 Å². The minimum absolute atomic E-state index is 0.758. The van der Waals surface area contributed by atoms with E-state index < -0.39 is 0 Å². The van der Waals surface area contributed by atoms with E-state index in [4.69, 9.17) is 0 Å². The predicted molar refractivity (Wildman–Crippen MR) is 94.8 cm³/mol. The lowest BCUT2D eigenvalue weighted by Crippen LogP contribution is -1.83. The predicted octanol–water partition coefficient (Wildman–Crippen LogP) is 7.00. The summed E-state index contributed by atoms with van der Waals surface area (Å²) in [7, 11) is 0. The number of hydrogen-bond acceptors (Lipinski definition) is 1. The molecular formula is C20H38O. The quantitative estimate of drug-likeness (QED) is 0.160. The third-order valence-electron chi connectivity index (χ3n) is 4.08. The molecule has 21 heavy (non-hydrogen) atoms. The van der Waals surface area contributed by atoms with Crippen LogP contribution in [0.3, 0.4) is 0 Å². The number of hydrogen-bond donors (Lipinski definition) is 0. The van der Waals surface area contributed by atoms with E-state index in [1.165, 1.54) is 89.9 Å². The Morgan fingerprint density at radius 2 is 0.905 bits per heavy atom. The maximum atomic E-state index is 10.2. The molecular weight excluding hydrogens is 256 g/mol. The molecule has 0 aromatic heterocycles. The van der Waals surface area contributed by atoms with Gasteiger partial charge in [0.25, 0.3) is 0 Å². The summed E-state index contributed by atoms with van der Waals surface area (Å²) in [6.45, 7) is 2.25. The first-order valence-corrected chi connectivity index (χ1v) is 9.50. The molecule has 0 saturated heterocycles. The van der Waals surface area contributed by atoms with Crippen molar-refractivity contribution in [2.75, 3.05) is 0 Å². The van der Waals surface area contributed by atoms with Crippen LogP contribution in [0.15, 0.2) is 12.2 Å². The first-order chi connectivity index (χ1) is 10.4. The largest absolute Gasteiger partial charge is 0.303 e. The highest BCUT2D eigenvalue weighted by Crippen LogP contribution is 2.12. The van der Waals surface area contributed by atoms with Crippen LogP contribution in [0.25, 0.3) is 0 Å². The molecule has 0 aliphatic rings. The van der Waals surface area contributed by atoms with Gasteiger partial charge in [0.2, 0.25) is 0 Å². The molecule has 0 saturated carbocycles. The van der Waals surface area contributed by atoms with E-state index in [9.17, 15) is 4.79 Å². The minimum Gasteiger partial charge on any atom is -0.303 e. The summed E-state index contributed by atoms with van der Waals surface area (Å²) in [5, 5.41) is 0. The molecule has 0 spiro atoms. The van der Waals surface area contributed by atoms with Gasteiger partial charge in [-0.1, -0.05) is 89.7 Å². The number of unbranched alkanes of at least 4 members (excludes halogenated alkanes) is 14. The van der Waals surface area contributed by atoms with Gasteiger partial charge in [0.05, 0.1) is 0 Å². The van der Waals surface area contributed by atoms with Crippen LogP contribution in [-0.2, 0) is 4.79 Å². The molecule has 0 atom stereocenters. The Labute approximate surface area is 133 Å². The van der Waals surface area contributed by atoms with Gasteiger partial charge in [-0.15, -0.1) is 0 Å². The van der Waals surface area contributed by atoms with Crippen LogP contribution in [0.5, 0.6) is 0 Å². The Kier molecular flexibility index (Phi) is 18.9. The molecule has 0 radical (unpaired) electrons. The summed E-state index contributed by atoms with van der Waals surface area (Å²) in [4.78, 5) is 10.2. The highest BCUT2D eigenvalue weighted by atomic mass is 16.1. The third kappa shape index (κ3) is 19.4. The van der Waals surface area contributed by atoms with Gasteiger partial charge in [-0.25, -0.2) is 0 Å². The van der Waals surface area contributed by atoms with Gasteiger partial charge in [0.1, 0.15) is 6.29 Å². The number of rotatable bonds is 17. The highest BCUT2D eigenvalue weighted by molar-refractivity contribution is 5.48. The first kappa shape index (κ1) is 20.4. The van der Waals surface area contributed by atoms with Crippen LogP contribution in [0.2, 0.25) is 0 Å². The fourth-order valence-electron chi connectivity index (χ4n) is 2.64. The summed E-state index contributed by atoms with van der Waals surface area (Å²) < 4.78 is 0. The van der Waals surface area contributed by atoms with Crippen LogP contribution < -0.4 is 0 Å². The van der Waals surface area contributed by atoms with Crippen molar-refractivity contribution in [3.63, 3.8) is 0 Å². The highest BCUT2D eigenvalue weighted by Gasteiger charge is 1.93. The summed E-state index contributed by atoms with van der Waals surface area (Å²) >= 11 is 0. The molecule has 0 aromatic carbocycles. The number of allylic oxidation sites excluding steroid dienone is 2. The maximum Gasteiger partial charge on any atom is 0.119 e. The van der Waals surface area contributed by atoms with Crippen LogP contribution in [0, 0.1) is 0 Å². The van der Waals surface area contributed by atoms with Gasteiger partial charge in [-0.2, -0.15) is 0 Å². The van der Waals surface area contributed by atoms with Crippen molar-refractivity contribution in [2.24, 2.45) is 0 Å². The SMILES string of the molecule is CCCCC=CCCCCCCCCCCCCCC=O. The Hall–Kier alpha value is -0.590. The fourth-order valence-corrected chi connectivity index (χ4v) is 2.64. The van der Waals surface area contributed by atoms with Gasteiger partial charge in [-0.05, 0) is 25.7 Å². The molecule has 0 aliphatic carbocycles. The summed E-state index contributed by atoms with van der Waals surface area (Å²) in [5.41, 5.74) is 0. The number of carbonyl (C=O) groups excluding carboxylic acids is 1. The molecule has 0 rings (SSSR count). The lowest BCUT2D eigenvalue weighted by atomic mass is 10.0. The lowest BCUT2D eigenvalue weighted by molar-refractivity contribution is -0.107. The summed E-state index contributed by atoms with van der Waals surface area (Å²) in [6, 6.07) is 0. The van der Waals surface area contributed by atoms with Gasteiger partial charge in [0.15, 0.2) is 0 Å². The third-order valence-corrected chi connectivity index (χ3v) is 4.08. The van der Waals surface area contributed by atoms with Crippen LogP contribution in [0.1, 0.15) is 110 Å². The molecule has 0 aromatic rings. The van der Waals surface area contributed by atoms with Crippen molar-refractivity contribution in [2.45, 2.75) is 110 Å². The number of carbonyl (C=O) groups is 1. The minimum atomic E-state index is 0.758. The van der Waals surface area contributed by atoms with Gasteiger partial charge in [0, 0.05) is 6.42 Å². The zero-order valence-corrected chi connectivity index (χ0v) is 14.5. The smallest absolute Gasteiger partial charge is 0.119 e. The van der Waals surface area contributed by atoms with E-state index in [0.29, 0.717) is 0 Å². The summed E-state index contributed by atoms with van der Waals surface area (Å²) in [6.07, 6.45) is 26.6. The standard InChI is InChI=1S/C20H38O/c1-2-3-4-5-6-7-8-9-10-11-12-13-14-15-16-17-18-19-20-21/h5-6,20H,2-4,7-19H2,1H3. The zero-order chi connectivity index (χ0) is 15.4. The van der Waals surface area contributed by atoms with Gasteiger partial charge < -0.3 is 4.79 Å². The van der Waals surface area contributed by atoms with Crippen molar-refractivity contribution in [1.29, 1.82) is 0 Å². The van der Waals surface area contributed by atoms with E-state index in [2.05, 4.69) is 19.1 Å². The Morgan fingerprint density at radius 3 is 1.33 bits per heavy atom. The Balaban J connectivity index is 2.99. The van der Waals surface area contributed by atoms with E-state index >= 15 is 0 Å². The van der Waals surface area contributed by atoms with Crippen molar-refractivity contribution < 1.29 is 4.79 Å². The van der Waals surface area contributed by atoms with E-state index in [1.54, 1.807) is 0 Å². The molecule has 0 N–H and O–H groups in total. The van der Waals surface area contributed by atoms with Crippen molar-refractivity contribution in [1.82, 2.24) is 0 Å². The molecule has 0 amide bonds. The normalized spacial score (nSPS) is 11.3. The molecule has 0 fully saturated rings. The van der Waals surface area contributed by atoms with Gasteiger partial charge >= 0.3 is 0 Å². The van der Waals surface area contributed by atoms with Gasteiger partial charge in [-0.3, -0.25) is 0 Å². The first-order valence-electron chi connectivity index (χ1n) is 9.50. The zero-order valence-electron chi connectivity index (χ0n) is 14.5. The van der Waals surface area contributed by atoms with Crippen molar-refractivity contribution in [3.8, 4) is 0 Å². The van der Waals surface area contributed by atoms with E-state index in [-0.39, 0.29) is 0 Å². The fraction of sp³-hybridized carbons (Fsp3) is 0.850. The van der Waals surface area contributed by atoms with Crippen LogP contribution in [-0.4, -0.2) is 6.29 Å². The molecule has 124 valence electrons. The molecule has 1 heteroatoms.